The van der Waals surface area contributed by atoms with Crippen LogP contribution in [0.1, 0.15) is 31.2 Å². The quantitative estimate of drug-likeness (QED) is 0.725. The summed E-state index contributed by atoms with van der Waals surface area (Å²) in [6.07, 6.45) is 4.82. The number of benzene rings is 1. The number of nitrogens with one attached hydrogen (secondary N) is 1. The standard InChI is InChI=1S/C17H26N2O3/c20-17(21)18-10-9-15-5-7-16(8-6-15)22-14-4-13-19-11-2-1-3-12-19/h5-8,18H,1-4,9-14H2,(H,20,21). The first kappa shape index (κ1) is 16.6. The second-order valence-electron chi connectivity index (χ2n) is 5.73. The molecule has 0 spiro atoms. The molecule has 1 amide bonds. The highest BCUT2D eigenvalue weighted by atomic mass is 16.5. The minimum Gasteiger partial charge on any atom is -0.494 e. The molecule has 0 radical (unpaired) electrons. The third-order valence-corrected chi connectivity index (χ3v) is 3.95. The van der Waals surface area contributed by atoms with E-state index in [1.165, 1.54) is 32.4 Å². The predicted octanol–water partition coefficient (Wildman–Crippen LogP) is 2.75. The number of carbonyl (C=O) groups is 1. The number of hydrogen-bond donors (Lipinski definition) is 2. The SMILES string of the molecule is O=C(O)NCCc1ccc(OCCCN2CCCCC2)cc1. The normalized spacial score (nSPS) is 15.5. The van der Waals surface area contributed by atoms with Gasteiger partial charge in [-0.3, -0.25) is 0 Å². The van der Waals surface area contributed by atoms with Gasteiger partial charge in [0, 0.05) is 13.1 Å². The summed E-state index contributed by atoms with van der Waals surface area (Å²) in [6, 6.07) is 7.89. The van der Waals surface area contributed by atoms with Crippen molar-refractivity contribution in [1.29, 1.82) is 0 Å². The van der Waals surface area contributed by atoms with Crippen LogP contribution in [0.5, 0.6) is 5.75 Å². The van der Waals surface area contributed by atoms with Crippen molar-refractivity contribution in [3.05, 3.63) is 29.8 Å². The Morgan fingerprint density at radius 2 is 1.91 bits per heavy atom. The van der Waals surface area contributed by atoms with E-state index in [9.17, 15) is 4.79 Å². The number of nitrogens with zero attached hydrogens (tertiary/aromatic N) is 1. The first-order valence-corrected chi connectivity index (χ1v) is 8.15. The Balaban J connectivity index is 1.60. The highest BCUT2D eigenvalue weighted by Gasteiger charge is 2.08. The predicted molar refractivity (Wildman–Crippen MR) is 86.6 cm³/mol. The number of ether oxygens (including phenoxy) is 1. The summed E-state index contributed by atoms with van der Waals surface area (Å²) in [7, 11) is 0. The largest absolute Gasteiger partial charge is 0.494 e. The highest BCUT2D eigenvalue weighted by molar-refractivity contribution is 5.64. The molecule has 2 N–H and O–H groups in total. The van der Waals surface area contributed by atoms with Crippen LogP contribution in [0.3, 0.4) is 0 Å². The van der Waals surface area contributed by atoms with Crippen molar-refractivity contribution in [3.8, 4) is 5.75 Å². The molecule has 0 bridgehead atoms. The Morgan fingerprint density at radius 3 is 2.59 bits per heavy atom. The number of amides is 1. The average molecular weight is 306 g/mol. The van der Waals surface area contributed by atoms with Gasteiger partial charge in [0.2, 0.25) is 0 Å². The van der Waals surface area contributed by atoms with E-state index in [0.29, 0.717) is 13.0 Å². The van der Waals surface area contributed by atoms with Crippen LogP contribution >= 0.6 is 0 Å². The van der Waals surface area contributed by atoms with Crippen molar-refractivity contribution in [2.75, 3.05) is 32.8 Å². The second kappa shape index (κ2) is 9.30. The molecule has 22 heavy (non-hydrogen) atoms. The summed E-state index contributed by atoms with van der Waals surface area (Å²) in [5, 5.41) is 10.9. The Bertz CT molecular complexity index is 442. The van der Waals surface area contributed by atoms with Crippen LogP contribution in [-0.4, -0.2) is 48.9 Å². The van der Waals surface area contributed by atoms with Gasteiger partial charge in [0.05, 0.1) is 6.61 Å². The molecule has 1 fully saturated rings. The van der Waals surface area contributed by atoms with Gasteiger partial charge in [0.1, 0.15) is 5.75 Å². The van der Waals surface area contributed by atoms with Gasteiger partial charge in [0.25, 0.3) is 0 Å². The summed E-state index contributed by atoms with van der Waals surface area (Å²) < 4.78 is 5.76. The zero-order valence-electron chi connectivity index (χ0n) is 13.1. The van der Waals surface area contributed by atoms with Crippen LogP contribution in [0.15, 0.2) is 24.3 Å². The van der Waals surface area contributed by atoms with Crippen LogP contribution in [0, 0.1) is 0 Å². The summed E-state index contributed by atoms with van der Waals surface area (Å²) >= 11 is 0. The molecule has 0 unspecified atom stereocenters. The van der Waals surface area contributed by atoms with E-state index in [-0.39, 0.29) is 0 Å². The highest BCUT2D eigenvalue weighted by Crippen LogP contribution is 2.13. The van der Waals surface area contributed by atoms with Gasteiger partial charge in [0.15, 0.2) is 0 Å². The second-order valence-corrected chi connectivity index (χ2v) is 5.73. The molecule has 5 heteroatoms. The number of carboxylic acid groups (broad SMARTS) is 1. The molecule has 5 nitrogen and oxygen atoms in total. The van der Waals surface area contributed by atoms with Crippen molar-refractivity contribution in [1.82, 2.24) is 10.2 Å². The van der Waals surface area contributed by atoms with Gasteiger partial charge in [-0.25, -0.2) is 4.79 Å². The van der Waals surface area contributed by atoms with E-state index in [1.54, 1.807) is 0 Å². The van der Waals surface area contributed by atoms with Crippen molar-refractivity contribution in [2.45, 2.75) is 32.1 Å². The summed E-state index contributed by atoms with van der Waals surface area (Å²) in [5.41, 5.74) is 1.11. The fourth-order valence-corrected chi connectivity index (χ4v) is 2.73. The van der Waals surface area contributed by atoms with Gasteiger partial charge in [-0.05, 0) is 56.5 Å². The monoisotopic (exact) mass is 306 g/mol. The lowest BCUT2D eigenvalue weighted by Gasteiger charge is -2.26. The molecular weight excluding hydrogens is 280 g/mol. The molecule has 1 aliphatic rings. The molecule has 0 aliphatic carbocycles. The van der Waals surface area contributed by atoms with E-state index in [1.807, 2.05) is 24.3 Å². The van der Waals surface area contributed by atoms with E-state index >= 15 is 0 Å². The third kappa shape index (κ3) is 6.35. The minimum atomic E-state index is -0.978. The fraction of sp³-hybridized carbons (Fsp3) is 0.588. The van der Waals surface area contributed by atoms with E-state index < -0.39 is 6.09 Å². The molecule has 122 valence electrons. The van der Waals surface area contributed by atoms with Crippen LogP contribution < -0.4 is 10.1 Å². The Labute approximate surface area is 132 Å². The Hall–Kier alpha value is -1.75. The van der Waals surface area contributed by atoms with Crippen LogP contribution in [0.25, 0.3) is 0 Å². The van der Waals surface area contributed by atoms with Crippen LogP contribution in [0.4, 0.5) is 4.79 Å². The zero-order chi connectivity index (χ0) is 15.6. The first-order valence-electron chi connectivity index (χ1n) is 8.15. The molecule has 0 aromatic heterocycles. The van der Waals surface area contributed by atoms with Crippen molar-refractivity contribution < 1.29 is 14.6 Å². The first-order chi connectivity index (χ1) is 10.7. The van der Waals surface area contributed by atoms with E-state index in [2.05, 4.69) is 10.2 Å². The lowest BCUT2D eigenvalue weighted by Crippen LogP contribution is -2.31. The molecule has 0 saturated carbocycles. The minimum absolute atomic E-state index is 0.436. The maximum absolute atomic E-state index is 10.4. The molecule has 2 rings (SSSR count). The molecule has 1 saturated heterocycles. The fourth-order valence-electron chi connectivity index (χ4n) is 2.73. The van der Waals surface area contributed by atoms with Gasteiger partial charge < -0.3 is 20.1 Å². The topological polar surface area (TPSA) is 61.8 Å². The molecule has 1 aromatic carbocycles. The maximum atomic E-state index is 10.4. The maximum Gasteiger partial charge on any atom is 0.404 e. The van der Waals surface area contributed by atoms with Crippen molar-refractivity contribution in [3.63, 3.8) is 0 Å². The number of piperidine rings is 1. The Morgan fingerprint density at radius 1 is 1.18 bits per heavy atom. The lowest BCUT2D eigenvalue weighted by atomic mass is 10.1. The average Bonchev–Trinajstić information content (AvgIpc) is 2.54. The van der Waals surface area contributed by atoms with E-state index in [4.69, 9.17) is 9.84 Å². The van der Waals surface area contributed by atoms with Crippen LogP contribution in [-0.2, 0) is 6.42 Å². The smallest absolute Gasteiger partial charge is 0.404 e. The lowest BCUT2D eigenvalue weighted by molar-refractivity contribution is 0.194. The van der Waals surface area contributed by atoms with Crippen molar-refractivity contribution in [2.24, 2.45) is 0 Å². The third-order valence-electron chi connectivity index (χ3n) is 3.95. The number of rotatable bonds is 8. The number of likely N-dealkylation sites (tertiary alicyclic amines) is 1. The van der Waals surface area contributed by atoms with Gasteiger partial charge in [-0.15, -0.1) is 0 Å². The van der Waals surface area contributed by atoms with Crippen molar-refractivity contribution >= 4 is 6.09 Å². The number of hydrogen-bond acceptors (Lipinski definition) is 3. The molecule has 1 heterocycles. The summed E-state index contributed by atoms with van der Waals surface area (Å²) in [4.78, 5) is 12.9. The Kier molecular flexibility index (Phi) is 7.03. The molecule has 1 aliphatic heterocycles. The molecule has 1 aromatic rings. The summed E-state index contributed by atoms with van der Waals surface area (Å²) in [5.74, 6) is 0.883. The van der Waals surface area contributed by atoms with Gasteiger partial charge in [-0.1, -0.05) is 18.6 Å². The van der Waals surface area contributed by atoms with E-state index in [0.717, 1.165) is 30.9 Å². The zero-order valence-corrected chi connectivity index (χ0v) is 13.1. The van der Waals surface area contributed by atoms with Gasteiger partial charge in [-0.2, -0.15) is 0 Å². The summed E-state index contributed by atoms with van der Waals surface area (Å²) in [6.45, 7) is 4.78. The molecular formula is C17H26N2O3. The van der Waals surface area contributed by atoms with Crippen LogP contribution in [0.2, 0.25) is 0 Å². The van der Waals surface area contributed by atoms with Gasteiger partial charge >= 0.3 is 6.09 Å². The molecule has 0 atom stereocenters.